The lowest BCUT2D eigenvalue weighted by molar-refractivity contribution is 0.573. The zero-order chi connectivity index (χ0) is 58.5. The van der Waals surface area contributed by atoms with Crippen molar-refractivity contribution < 1.29 is 17.7 Å². The standard InChI is InChI=1S/4C20H18O/c1-20(2,3)15-9-6-10-16-19(15)18-14-8-5-4-7-13(14)11-12-17(18)21-16;1-20(2,3)16-10-6-9-15-18-14-8-5-4-7-13(14)11-12-17(18)21-19(15)16;1-20(2,3)14-9-10-16-18(12-14)21-17-11-8-13-6-4-5-7-15(13)19(16)17;1-20(2,3)14-9-11-17-16(12-14)19-15-7-5-4-6-13(15)8-10-18(19)21-17/h4*4-12H,1-3H3. The number of para-hydroxylation sites is 1. The molecule has 12 aromatic carbocycles. The molecule has 4 heteroatoms. The molecule has 4 aromatic heterocycles. The van der Waals surface area contributed by atoms with Crippen LogP contribution in [-0.4, -0.2) is 0 Å². The molecular formula is C80H72O4. The van der Waals surface area contributed by atoms with Crippen molar-refractivity contribution in [3.8, 4) is 0 Å². The van der Waals surface area contributed by atoms with Crippen molar-refractivity contribution in [3.05, 3.63) is 241 Å². The maximum absolute atomic E-state index is 6.22. The van der Waals surface area contributed by atoms with Gasteiger partial charge in [-0.3, -0.25) is 0 Å². The van der Waals surface area contributed by atoms with Crippen LogP contribution in [0.3, 0.4) is 0 Å². The Morgan fingerprint density at radius 1 is 0.214 bits per heavy atom. The zero-order valence-corrected chi connectivity index (χ0v) is 50.4. The fourth-order valence-corrected chi connectivity index (χ4v) is 12.4. The maximum atomic E-state index is 6.22. The average molecular weight is 1100 g/mol. The molecule has 4 heterocycles. The van der Waals surface area contributed by atoms with E-state index in [9.17, 15) is 0 Å². The molecule has 0 fully saturated rings. The van der Waals surface area contributed by atoms with Gasteiger partial charge in [0.15, 0.2) is 0 Å². The SMILES string of the molecule is CC(C)(C)c1ccc2c(c1)oc1ccc3ccccc3c12.CC(C)(C)c1ccc2oc3ccc4ccccc4c3c2c1.CC(C)(C)c1cccc2c1oc1ccc3ccccc3c12.CC(C)(C)c1cccc2oc3ccc4ccccc4c3c12. The van der Waals surface area contributed by atoms with Crippen molar-refractivity contribution >= 4 is 131 Å². The summed E-state index contributed by atoms with van der Waals surface area (Å²) in [7, 11) is 0. The zero-order valence-electron chi connectivity index (χ0n) is 50.4. The second-order valence-electron chi connectivity index (χ2n) is 26.8. The average Bonchev–Trinajstić information content (AvgIpc) is 1.93. The number of hydrogen-bond donors (Lipinski definition) is 0. The Labute approximate surface area is 491 Å². The summed E-state index contributed by atoms with van der Waals surface area (Å²) in [6.07, 6.45) is 0. The van der Waals surface area contributed by atoms with Gasteiger partial charge in [0.1, 0.15) is 44.7 Å². The normalized spacial score (nSPS) is 12.5. The minimum absolute atomic E-state index is 0.0726. The van der Waals surface area contributed by atoms with E-state index in [0.717, 1.165) is 44.7 Å². The number of rotatable bonds is 0. The molecule has 0 aliphatic rings. The molecule has 0 atom stereocenters. The Kier molecular flexibility index (Phi) is 13.1. The first kappa shape index (κ1) is 54.1. The van der Waals surface area contributed by atoms with Gasteiger partial charge in [-0.1, -0.05) is 253 Å². The second-order valence-corrected chi connectivity index (χ2v) is 26.8. The summed E-state index contributed by atoms with van der Waals surface area (Å²) in [6, 6.07) is 76.9. The summed E-state index contributed by atoms with van der Waals surface area (Å²) in [5.74, 6) is 0. The van der Waals surface area contributed by atoms with Gasteiger partial charge in [-0.25, -0.2) is 0 Å². The van der Waals surface area contributed by atoms with Gasteiger partial charge in [0.05, 0.1) is 0 Å². The monoisotopic (exact) mass is 1100 g/mol. The minimum Gasteiger partial charge on any atom is -0.456 e. The van der Waals surface area contributed by atoms with Crippen molar-refractivity contribution in [2.45, 2.75) is 105 Å². The van der Waals surface area contributed by atoms with Crippen LogP contribution >= 0.6 is 0 Å². The fourth-order valence-electron chi connectivity index (χ4n) is 12.4. The number of furan rings is 4. The largest absolute Gasteiger partial charge is 0.456 e. The molecule has 16 aromatic rings. The molecule has 0 saturated carbocycles. The van der Waals surface area contributed by atoms with Crippen LogP contribution in [0.25, 0.3) is 131 Å². The molecule has 0 unspecified atom stereocenters. The van der Waals surface area contributed by atoms with Crippen molar-refractivity contribution in [3.63, 3.8) is 0 Å². The van der Waals surface area contributed by atoms with Crippen LogP contribution in [0.1, 0.15) is 105 Å². The molecule has 0 aliphatic carbocycles. The molecule has 0 spiro atoms. The van der Waals surface area contributed by atoms with E-state index in [1.165, 1.54) is 108 Å². The third-order valence-corrected chi connectivity index (χ3v) is 16.8. The Hall–Kier alpha value is -9.12. The Morgan fingerprint density at radius 3 is 1.11 bits per heavy atom. The predicted octanol–water partition coefficient (Wildman–Crippen LogP) is 24.1. The van der Waals surface area contributed by atoms with Gasteiger partial charge in [-0.05, 0) is 130 Å². The van der Waals surface area contributed by atoms with Gasteiger partial charge in [0.2, 0.25) is 0 Å². The van der Waals surface area contributed by atoms with E-state index in [-0.39, 0.29) is 21.7 Å². The summed E-state index contributed by atoms with van der Waals surface area (Å²) >= 11 is 0. The molecule has 0 bridgehead atoms. The van der Waals surface area contributed by atoms with Crippen LogP contribution in [0, 0.1) is 0 Å². The summed E-state index contributed by atoms with van der Waals surface area (Å²) in [5.41, 5.74) is 13.5. The van der Waals surface area contributed by atoms with E-state index in [1.54, 1.807) is 0 Å². The molecule has 416 valence electrons. The Bertz CT molecular complexity index is 5120. The summed E-state index contributed by atoms with van der Waals surface area (Å²) in [4.78, 5) is 0. The number of fused-ring (bicyclic) bond motifs is 20. The maximum Gasteiger partial charge on any atom is 0.139 e. The van der Waals surface area contributed by atoms with Crippen LogP contribution in [0.2, 0.25) is 0 Å². The molecule has 0 N–H and O–H groups in total. The highest BCUT2D eigenvalue weighted by Gasteiger charge is 2.24. The molecule has 0 aliphatic heterocycles. The lowest BCUT2D eigenvalue weighted by Crippen LogP contribution is -2.11. The quantitative estimate of drug-likeness (QED) is 0.152. The van der Waals surface area contributed by atoms with Crippen LogP contribution in [-0.2, 0) is 21.7 Å². The summed E-state index contributed by atoms with van der Waals surface area (Å²) < 4.78 is 24.4. The second kappa shape index (κ2) is 20.3. The van der Waals surface area contributed by atoms with E-state index >= 15 is 0 Å². The van der Waals surface area contributed by atoms with E-state index in [2.05, 4.69) is 301 Å². The van der Waals surface area contributed by atoms with Gasteiger partial charge in [-0.15, -0.1) is 0 Å². The molecular weight excluding hydrogens is 1020 g/mol. The van der Waals surface area contributed by atoms with Crippen molar-refractivity contribution in [2.24, 2.45) is 0 Å². The van der Waals surface area contributed by atoms with Crippen molar-refractivity contribution in [2.75, 3.05) is 0 Å². The molecule has 16 rings (SSSR count). The van der Waals surface area contributed by atoms with Crippen LogP contribution in [0.4, 0.5) is 0 Å². The van der Waals surface area contributed by atoms with Gasteiger partial charge in [-0.2, -0.15) is 0 Å². The Morgan fingerprint density at radius 2 is 0.583 bits per heavy atom. The highest BCUT2D eigenvalue weighted by Crippen LogP contribution is 2.43. The third-order valence-electron chi connectivity index (χ3n) is 16.8. The minimum atomic E-state index is 0.0726. The highest BCUT2D eigenvalue weighted by atomic mass is 16.3. The highest BCUT2D eigenvalue weighted by molar-refractivity contribution is 6.22. The number of hydrogen-bond acceptors (Lipinski definition) is 4. The van der Waals surface area contributed by atoms with Crippen molar-refractivity contribution in [1.29, 1.82) is 0 Å². The van der Waals surface area contributed by atoms with E-state index in [4.69, 9.17) is 17.7 Å². The van der Waals surface area contributed by atoms with Crippen LogP contribution < -0.4 is 0 Å². The first-order valence-corrected chi connectivity index (χ1v) is 29.5. The molecule has 84 heavy (non-hydrogen) atoms. The fraction of sp³-hybridized carbons (Fsp3) is 0.200. The smallest absolute Gasteiger partial charge is 0.139 e. The van der Waals surface area contributed by atoms with Gasteiger partial charge in [0.25, 0.3) is 0 Å². The molecule has 0 radical (unpaired) electrons. The Balaban J connectivity index is 0.000000104. The van der Waals surface area contributed by atoms with Crippen LogP contribution in [0.15, 0.2) is 236 Å². The first-order chi connectivity index (χ1) is 40.2. The van der Waals surface area contributed by atoms with E-state index in [0.29, 0.717) is 0 Å². The number of benzene rings is 12. The van der Waals surface area contributed by atoms with Crippen molar-refractivity contribution in [1.82, 2.24) is 0 Å². The van der Waals surface area contributed by atoms with Gasteiger partial charge >= 0.3 is 0 Å². The predicted molar refractivity (Wildman–Crippen MR) is 360 cm³/mol. The molecule has 0 amide bonds. The van der Waals surface area contributed by atoms with Gasteiger partial charge in [0, 0.05) is 48.7 Å². The van der Waals surface area contributed by atoms with E-state index < -0.39 is 0 Å². The summed E-state index contributed by atoms with van der Waals surface area (Å²) in [6.45, 7) is 26.9. The molecule has 4 nitrogen and oxygen atoms in total. The molecule has 0 saturated heterocycles. The van der Waals surface area contributed by atoms with Gasteiger partial charge < -0.3 is 17.7 Å². The third kappa shape index (κ3) is 9.71. The topological polar surface area (TPSA) is 52.6 Å². The van der Waals surface area contributed by atoms with E-state index in [1.807, 2.05) is 0 Å². The first-order valence-electron chi connectivity index (χ1n) is 29.5. The lowest BCUT2D eigenvalue weighted by Gasteiger charge is -2.20. The summed E-state index contributed by atoms with van der Waals surface area (Å²) in [5, 5.41) is 19.9. The van der Waals surface area contributed by atoms with Crippen LogP contribution in [0.5, 0.6) is 0 Å². The lowest BCUT2D eigenvalue weighted by atomic mass is 9.84.